The number of primary sulfonamides is 1. The van der Waals surface area contributed by atoms with Crippen LogP contribution < -0.4 is 5.14 Å². The van der Waals surface area contributed by atoms with Crippen molar-refractivity contribution in [2.24, 2.45) is 5.14 Å². The van der Waals surface area contributed by atoms with Gasteiger partial charge < -0.3 is 0 Å². The lowest BCUT2D eigenvalue weighted by atomic mass is 10.4. The molecule has 0 aliphatic rings. The van der Waals surface area contributed by atoms with Crippen LogP contribution in [0.4, 0.5) is 0 Å². The number of hydrogen-bond acceptors (Lipinski definition) is 2. The van der Waals surface area contributed by atoms with E-state index in [2.05, 4.69) is 15.9 Å². The van der Waals surface area contributed by atoms with E-state index in [0.29, 0.717) is 8.04 Å². The summed E-state index contributed by atoms with van der Waals surface area (Å²) in [6, 6.07) is 5.08. The van der Waals surface area contributed by atoms with Crippen LogP contribution in [-0.2, 0) is 10.0 Å². The van der Waals surface area contributed by atoms with Crippen LogP contribution in [0, 0.1) is 3.57 Å². The Labute approximate surface area is 92.7 Å². The molecule has 12 heavy (non-hydrogen) atoms. The summed E-state index contributed by atoms with van der Waals surface area (Å²) in [5.74, 6) is 0. The zero-order valence-corrected chi connectivity index (χ0v) is 10.4. The normalized spacial score (nSPS) is 11.6. The van der Waals surface area contributed by atoms with Crippen molar-refractivity contribution in [2.75, 3.05) is 0 Å². The first-order valence-electron chi connectivity index (χ1n) is 2.90. The van der Waals surface area contributed by atoms with Gasteiger partial charge in [0, 0.05) is 8.04 Å². The Bertz CT molecular complexity index is 384. The minimum absolute atomic E-state index is 0.144. The molecule has 0 bridgehead atoms. The van der Waals surface area contributed by atoms with Gasteiger partial charge in [0.05, 0.1) is 0 Å². The summed E-state index contributed by atoms with van der Waals surface area (Å²) < 4.78 is 23.1. The van der Waals surface area contributed by atoms with Crippen LogP contribution in [0.25, 0.3) is 0 Å². The van der Waals surface area contributed by atoms with E-state index in [0.717, 1.165) is 0 Å². The average molecular weight is 362 g/mol. The molecule has 66 valence electrons. The van der Waals surface area contributed by atoms with E-state index in [1.54, 1.807) is 18.2 Å². The average Bonchev–Trinajstić information content (AvgIpc) is 1.82. The Morgan fingerprint density at radius 1 is 1.42 bits per heavy atom. The number of benzene rings is 1. The third-order valence-electron chi connectivity index (χ3n) is 1.20. The molecule has 0 fully saturated rings. The van der Waals surface area contributed by atoms with Crippen LogP contribution in [0.5, 0.6) is 0 Å². The summed E-state index contributed by atoms with van der Waals surface area (Å²) in [7, 11) is -3.62. The third kappa shape index (κ3) is 2.18. The second kappa shape index (κ2) is 3.60. The first kappa shape index (κ1) is 10.4. The molecule has 0 unspecified atom stereocenters. The molecule has 0 spiro atoms. The standard InChI is InChI=1S/C6H5BrINO2S/c7-4-2-1-3-5(8)6(4)12(9,10)11/h1-3H,(H2,9,10,11). The second-order valence-corrected chi connectivity index (χ2v) is 5.61. The molecule has 0 aromatic heterocycles. The lowest BCUT2D eigenvalue weighted by Gasteiger charge is -2.02. The topological polar surface area (TPSA) is 60.2 Å². The van der Waals surface area contributed by atoms with Gasteiger partial charge in [-0.15, -0.1) is 0 Å². The number of nitrogens with two attached hydrogens (primary N) is 1. The molecule has 1 aromatic carbocycles. The maximum atomic E-state index is 11.0. The van der Waals surface area contributed by atoms with Crippen LogP contribution in [-0.4, -0.2) is 8.42 Å². The minimum atomic E-state index is -3.62. The van der Waals surface area contributed by atoms with E-state index in [1.165, 1.54) is 0 Å². The first-order chi connectivity index (χ1) is 5.43. The molecule has 2 N–H and O–H groups in total. The van der Waals surface area contributed by atoms with E-state index in [-0.39, 0.29) is 4.90 Å². The van der Waals surface area contributed by atoms with Crippen molar-refractivity contribution < 1.29 is 8.42 Å². The summed E-state index contributed by atoms with van der Waals surface area (Å²) in [6.45, 7) is 0. The predicted octanol–water partition coefficient (Wildman–Crippen LogP) is 1.70. The fourth-order valence-corrected chi connectivity index (χ4v) is 4.27. The monoisotopic (exact) mass is 361 g/mol. The highest BCUT2D eigenvalue weighted by Gasteiger charge is 2.15. The second-order valence-electron chi connectivity index (χ2n) is 2.10. The van der Waals surface area contributed by atoms with Crippen molar-refractivity contribution in [1.29, 1.82) is 0 Å². The third-order valence-corrected chi connectivity index (χ3v) is 4.40. The summed E-state index contributed by atoms with van der Waals surface area (Å²) in [5.41, 5.74) is 0. The van der Waals surface area contributed by atoms with E-state index in [1.807, 2.05) is 22.6 Å². The smallest absolute Gasteiger partial charge is 0.225 e. The molecule has 0 atom stereocenters. The van der Waals surface area contributed by atoms with Crippen molar-refractivity contribution in [1.82, 2.24) is 0 Å². The van der Waals surface area contributed by atoms with Crippen LogP contribution >= 0.6 is 38.5 Å². The van der Waals surface area contributed by atoms with E-state index >= 15 is 0 Å². The zero-order valence-electron chi connectivity index (χ0n) is 5.79. The molecule has 0 radical (unpaired) electrons. The Hall–Kier alpha value is 0.340. The van der Waals surface area contributed by atoms with Gasteiger partial charge in [-0.2, -0.15) is 0 Å². The Morgan fingerprint density at radius 3 is 2.33 bits per heavy atom. The van der Waals surface area contributed by atoms with Crippen molar-refractivity contribution >= 4 is 48.5 Å². The van der Waals surface area contributed by atoms with Crippen molar-refractivity contribution in [3.63, 3.8) is 0 Å². The molecule has 1 aromatic rings. The molecule has 0 saturated carbocycles. The van der Waals surface area contributed by atoms with Crippen molar-refractivity contribution in [3.05, 3.63) is 26.2 Å². The lowest BCUT2D eigenvalue weighted by Crippen LogP contribution is -2.14. The number of sulfonamides is 1. The van der Waals surface area contributed by atoms with Crippen LogP contribution in [0.2, 0.25) is 0 Å². The van der Waals surface area contributed by atoms with Gasteiger partial charge in [0.15, 0.2) is 0 Å². The molecule has 0 heterocycles. The maximum Gasteiger partial charge on any atom is 0.240 e. The molecule has 3 nitrogen and oxygen atoms in total. The predicted molar refractivity (Wildman–Crippen MR) is 58.2 cm³/mol. The van der Waals surface area contributed by atoms with Gasteiger partial charge in [-0.1, -0.05) is 6.07 Å². The van der Waals surface area contributed by atoms with Gasteiger partial charge in [-0.05, 0) is 50.7 Å². The molecule has 1 rings (SSSR count). The van der Waals surface area contributed by atoms with Crippen molar-refractivity contribution in [2.45, 2.75) is 4.90 Å². The molecule has 6 heteroatoms. The Balaban J connectivity index is 3.53. The maximum absolute atomic E-state index is 11.0. The van der Waals surface area contributed by atoms with Crippen LogP contribution in [0.15, 0.2) is 27.6 Å². The molecule has 0 saturated heterocycles. The Kier molecular flexibility index (Phi) is 3.13. The summed E-state index contributed by atoms with van der Waals surface area (Å²) in [6.07, 6.45) is 0. The number of halogens is 2. The van der Waals surface area contributed by atoms with Gasteiger partial charge in [0.25, 0.3) is 0 Å². The molecule has 0 aliphatic carbocycles. The number of hydrogen-bond donors (Lipinski definition) is 1. The quantitative estimate of drug-likeness (QED) is 0.774. The van der Waals surface area contributed by atoms with Gasteiger partial charge in [-0.3, -0.25) is 0 Å². The highest BCUT2D eigenvalue weighted by atomic mass is 127. The largest absolute Gasteiger partial charge is 0.240 e. The molecular weight excluding hydrogens is 357 g/mol. The fraction of sp³-hybridized carbons (Fsp3) is 0. The van der Waals surface area contributed by atoms with E-state index in [4.69, 9.17) is 5.14 Å². The van der Waals surface area contributed by atoms with E-state index < -0.39 is 10.0 Å². The first-order valence-corrected chi connectivity index (χ1v) is 6.31. The Morgan fingerprint density at radius 2 is 2.00 bits per heavy atom. The van der Waals surface area contributed by atoms with Gasteiger partial charge in [-0.25, -0.2) is 13.6 Å². The highest BCUT2D eigenvalue weighted by Crippen LogP contribution is 2.25. The summed E-state index contributed by atoms with van der Waals surface area (Å²) in [4.78, 5) is 0.144. The fourth-order valence-electron chi connectivity index (χ4n) is 0.754. The molecular formula is C6H5BrINO2S. The summed E-state index contributed by atoms with van der Waals surface area (Å²) >= 11 is 5.04. The van der Waals surface area contributed by atoms with Crippen molar-refractivity contribution in [3.8, 4) is 0 Å². The van der Waals surface area contributed by atoms with E-state index in [9.17, 15) is 8.42 Å². The number of rotatable bonds is 1. The molecule has 0 aliphatic heterocycles. The summed E-state index contributed by atoms with van der Waals surface area (Å²) in [5, 5.41) is 5.00. The van der Waals surface area contributed by atoms with Crippen LogP contribution in [0.1, 0.15) is 0 Å². The highest BCUT2D eigenvalue weighted by molar-refractivity contribution is 14.1. The van der Waals surface area contributed by atoms with Gasteiger partial charge in [0.1, 0.15) is 4.90 Å². The van der Waals surface area contributed by atoms with Gasteiger partial charge >= 0.3 is 0 Å². The molecule has 0 amide bonds. The van der Waals surface area contributed by atoms with Gasteiger partial charge in [0.2, 0.25) is 10.0 Å². The van der Waals surface area contributed by atoms with Crippen LogP contribution in [0.3, 0.4) is 0 Å². The SMILES string of the molecule is NS(=O)(=O)c1c(Br)cccc1I. The lowest BCUT2D eigenvalue weighted by molar-refractivity contribution is 0.597. The minimum Gasteiger partial charge on any atom is -0.225 e. The zero-order chi connectivity index (χ0) is 9.35.